The molecule has 1 amide bonds. The number of hydrogen-bond donors (Lipinski definition) is 1. The van der Waals surface area contributed by atoms with E-state index in [9.17, 15) is 4.79 Å². The highest BCUT2D eigenvalue weighted by Gasteiger charge is 2.09. The summed E-state index contributed by atoms with van der Waals surface area (Å²) in [6.07, 6.45) is 0. The molecule has 0 heterocycles. The van der Waals surface area contributed by atoms with Gasteiger partial charge in [0.05, 0.1) is 17.2 Å². The Bertz CT molecular complexity index is 585. The van der Waals surface area contributed by atoms with Crippen molar-refractivity contribution in [1.82, 2.24) is 5.32 Å². The van der Waals surface area contributed by atoms with E-state index in [4.69, 9.17) is 5.26 Å². The number of nitriles is 1. The number of carbonyl (C=O) groups excluding carboxylic acids is 1. The molecule has 0 radical (unpaired) electrons. The third-order valence-corrected chi connectivity index (χ3v) is 2.59. The highest BCUT2D eigenvalue weighted by Crippen LogP contribution is 2.07. The van der Waals surface area contributed by atoms with Crippen LogP contribution in [0.5, 0.6) is 0 Å². The summed E-state index contributed by atoms with van der Waals surface area (Å²) in [5, 5.41) is 11.7. The van der Waals surface area contributed by atoms with Crippen molar-refractivity contribution in [3.05, 3.63) is 71.3 Å². The van der Waals surface area contributed by atoms with Crippen molar-refractivity contribution in [2.24, 2.45) is 0 Å². The van der Waals surface area contributed by atoms with E-state index in [1.54, 1.807) is 24.3 Å². The molecular weight excluding hydrogens is 224 g/mol. The van der Waals surface area contributed by atoms with Crippen molar-refractivity contribution in [1.29, 1.82) is 5.26 Å². The van der Waals surface area contributed by atoms with Gasteiger partial charge in [0.25, 0.3) is 5.91 Å². The van der Waals surface area contributed by atoms with Crippen LogP contribution < -0.4 is 5.32 Å². The molecule has 88 valence electrons. The second-order valence-electron chi connectivity index (χ2n) is 3.83. The highest BCUT2D eigenvalue weighted by atomic mass is 16.1. The Morgan fingerprint density at radius 2 is 1.72 bits per heavy atom. The average Bonchev–Trinajstić information content (AvgIpc) is 2.45. The molecule has 0 aliphatic rings. The molecule has 0 aromatic heterocycles. The molecule has 0 saturated carbocycles. The van der Waals surface area contributed by atoms with E-state index in [0.29, 0.717) is 17.7 Å². The third-order valence-electron chi connectivity index (χ3n) is 2.59. The summed E-state index contributed by atoms with van der Waals surface area (Å²) in [5.74, 6) is -0.226. The van der Waals surface area contributed by atoms with Crippen LogP contribution in [0.25, 0.3) is 0 Å². The Balaban J connectivity index is 2.07. The largest absolute Gasteiger partial charge is 0.348 e. The van der Waals surface area contributed by atoms with Crippen LogP contribution in [-0.4, -0.2) is 5.91 Å². The van der Waals surface area contributed by atoms with Gasteiger partial charge in [0.15, 0.2) is 0 Å². The van der Waals surface area contributed by atoms with Crippen molar-refractivity contribution in [3.8, 4) is 6.07 Å². The minimum absolute atomic E-state index is 0.226. The Kier molecular flexibility index (Phi) is 3.72. The first-order valence-corrected chi connectivity index (χ1v) is 5.62. The van der Waals surface area contributed by atoms with Gasteiger partial charge in [0, 0.05) is 6.54 Å². The molecule has 0 bridgehead atoms. The zero-order valence-electron chi connectivity index (χ0n) is 9.76. The first kappa shape index (κ1) is 11.9. The summed E-state index contributed by atoms with van der Waals surface area (Å²) >= 11 is 0. The Labute approximate surface area is 106 Å². The van der Waals surface area contributed by atoms with Gasteiger partial charge in [0.1, 0.15) is 0 Å². The number of benzene rings is 2. The molecule has 0 saturated heterocycles. The van der Waals surface area contributed by atoms with Crippen molar-refractivity contribution in [2.75, 3.05) is 0 Å². The summed E-state index contributed by atoms with van der Waals surface area (Å²) < 4.78 is 0. The maximum atomic E-state index is 11.9. The molecule has 18 heavy (non-hydrogen) atoms. The molecule has 0 spiro atoms. The van der Waals surface area contributed by atoms with E-state index >= 15 is 0 Å². The number of rotatable bonds is 3. The standard InChI is InChI=1S/C15H12N2O/c16-10-13-8-4-5-9-14(13)15(18)17-11-12-6-2-1-3-7-12/h1-9H,11H2,(H,17,18). The van der Waals surface area contributed by atoms with Gasteiger partial charge in [0.2, 0.25) is 0 Å². The van der Waals surface area contributed by atoms with Gasteiger partial charge in [-0.2, -0.15) is 5.26 Å². The molecule has 3 heteroatoms. The maximum Gasteiger partial charge on any atom is 0.252 e. The summed E-state index contributed by atoms with van der Waals surface area (Å²) in [7, 11) is 0. The Morgan fingerprint density at radius 1 is 1.06 bits per heavy atom. The summed E-state index contributed by atoms with van der Waals surface area (Å²) in [5.41, 5.74) is 1.83. The minimum Gasteiger partial charge on any atom is -0.348 e. The SMILES string of the molecule is N#Cc1ccccc1C(=O)NCc1ccccc1. The predicted octanol–water partition coefficient (Wildman–Crippen LogP) is 2.49. The van der Waals surface area contributed by atoms with Crippen LogP contribution in [0.1, 0.15) is 21.5 Å². The number of nitrogens with zero attached hydrogens (tertiary/aromatic N) is 1. The fourth-order valence-electron chi connectivity index (χ4n) is 1.65. The van der Waals surface area contributed by atoms with Crippen LogP contribution in [0.4, 0.5) is 0 Å². The topological polar surface area (TPSA) is 52.9 Å². The van der Waals surface area contributed by atoms with Crippen molar-refractivity contribution in [2.45, 2.75) is 6.54 Å². The second-order valence-corrected chi connectivity index (χ2v) is 3.83. The number of nitrogens with one attached hydrogen (secondary N) is 1. The first-order valence-electron chi connectivity index (χ1n) is 5.62. The van der Waals surface area contributed by atoms with Crippen molar-refractivity contribution in [3.63, 3.8) is 0 Å². The lowest BCUT2D eigenvalue weighted by Gasteiger charge is -2.06. The summed E-state index contributed by atoms with van der Waals surface area (Å²) in [6, 6.07) is 18.4. The lowest BCUT2D eigenvalue weighted by Crippen LogP contribution is -2.23. The van der Waals surface area contributed by atoms with Crippen LogP contribution >= 0.6 is 0 Å². The van der Waals surface area contributed by atoms with Gasteiger partial charge in [-0.3, -0.25) is 4.79 Å². The quantitative estimate of drug-likeness (QED) is 0.890. The lowest BCUT2D eigenvalue weighted by atomic mass is 10.1. The smallest absolute Gasteiger partial charge is 0.252 e. The fourth-order valence-corrected chi connectivity index (χ4v) is 1.65. The maximum absolute atomic E-state index is 11.9. The van der Waals surface area contributed by atoms with Crippen LogP contribution in [0, 0.1) is 11.3 Å². The lowest BCUT2D eigenvalue weighted by molar-refractivity contribution is 0.0950. The van der Waals surface area contributed by atoms with E-state index in [2.05, 4.69) is 5.32 Å². The number of amides is 1. The predicted molar refractivity (Wildman–Crippen MR) is 68.8 cm³/mol. The monoisotopic (exact) mass is 236 g/mol. The Hall–Kier alpha value is -2.60. The average molecular weight is 236 g/mol. The first-order chi connectivity index (χ1) is 8.81. The van der Waals surface area contributed by atoms with Crippen LogP contribution in [0.3, 0.4) is 0 Å². The van der Waals surface area contributed by atoms with Crippen LogP contribution in [0.15, 0.2) is 54.6 Å². The number of carbonyl (C=O) groups is 1. The van der Waals surface area contributed by atoms with Crippen molar-refractivity contribution >= 4 is 5.91 Å². The van der Waals surface area contributed by atoms with Crippen LogP contribution in [0.2, 0.25) is 0 Å². The van der Waals surface area contributed by atoms with Gasteiger partial charge in [-0.25, -0.2) is 0 Å². The van der Waals surface area contributed by atoms with Crippen molar-refractivity contribution < 1.29 is 4.79 Å². The highest BCUT2D eigenvalue weighted by molar-refractivity contribution is 5.96. The Morgan fingerprint density at radius 3 is 2.44 bits per heavy atom. The molecule has 2 aromatic rings. The molecule has 0 atom stereocenters. The zero-order chi connectivity index (χ0) is 12.8. The molecule has 0 aliphatic heterocycles. The molecule has 0 aliphatic carbocycles. The van der Waals surface area contributed by atoms with Gasteiger partial charge < -0.3 is 5.32 Å². The summed E-state index contributed by atoms with van der Waals surface area (Å²) in [6.45, 7) is 0.458. The van der Waals surface area contributed by atoms with E-state index in [1.165, 1.54) is 0 Å². The summed E-state index contributed by atoms with van der Waals surface area (Å²) in [4.78, 5) is 11.9. The molecule has 2 aromatic carbocycles. The molecule has 3 nitrogen and oxygen atoms in total. The number of hydrogen-bond acceptors (Lipinski definition) is 2. The normalized spacial score (nSPS) is 9.50. The van der Waals surface area contributed by atoms with E-state index in [1.807, 2.05) is 36.4 Å². The molecule has 0 fully saturated rings. The molecular formula is C15H12N2O. The van der Waals surface area contributed by atoms with Gasteiger partial charge in [-0.15, -0.1) is 0 Å². The van der Waals surface area contributed by atoms with Gasteiger partial charge in [-0.1, -0.05) is 42.5 Å². The molecule has 0 unspecified atom stereocenters. The fraction of sp³-hybridized carbons (Fsp3) is 0.0667. The molecule has 1 N–H and O–H groups in total. The van der Waals surface area contributed by atoms with Crippen LogP contribution in [-0.2, 0) is 6.54 Å². The second kappa shape index (κ2) is 5.65. The van der Waals surface area contributed by atoms with Gasteiger partial charge >= 0.3 is 0 Å². The van der Waals surface area contributed by atoms with E-state index < -0.39 is 0 Å². The minimum atomic E-state index is -0.226. The zero-order valence-corrected chi connectivity index (χ0v) is 9.76. The van der Waals surface area contributed by atoms with E-state index in [-0.39, 0.29) is 5.91 Å². The van der Waals surface area contributed by atoms with Gasteiger partial charge in [-0.05, 0) is 17.7 Å². The third kappa shape index (κ3) is 2.74. The molecule has 2 rings (SSSR count). The van der Waals surface area contributed by atoms with E-state index in [0.717, 1.165) is 5.56 Å².